The zero-order valence-corrected chi connectivity index (χ0v) is 11.6. The molecule has 4 heteroatoms. The van der Waals surface area contributed by atoms with E-state index in [1.54, 1.807) is 0 Å². The molecule has 1 heterocycles. The smallest absolute Gasteiger partial charge is 0.228 e. The van der Waals surface area contributed by atoms with Crippen molar-refractivity contribution in [2.24, 2.45) is 11.7 Å². The maximum absolute atomic E-state index is 12.5. The Morgan fingerprint density at radius 2 is 2.06 bits per heavy atom. The summed E-state index contributed by atoms with van der Waals surface area (Å²) >= 11 is 0. The van der Waals surface area contributed by atoms with Crippen LogP contribution in [0.25, 0.3) is 0 Å². The summed E-state index contributed by atoms with van der Waals surface area (Å²) in [5.74, 6) is 0.288. The minimum absolute atomic E-state index is 0.0501. The highest BCUT2D eigenvalue weighted by Crippen LogP contribution is 2.28. The molecule has 0 radical (unpaired) electrons. The minimum atomic E-state index is 0.0501. The molecule has 4 atom stereocenters. The van der Waals surface area contributed by atoms with Crippen molar-refractivity contribution in [3.63, 3.8) is 0 Å². The van der Waals surface area contributed by atoms with E-state index in [4.69, 9.17) is 10.5 Å². The molecular formula is C14H26N2O2. The van der Waals surface area contributed by atoms with Gasteiger partial charge in [-0.3, -0.25) is 4.79 Å². The fourth-order valence-corrected chi connectivity index (χ4v) is 3.38. The number of hydrogen-bond acceptors (Lipinski definition) is 3. The largest absolute Gasteiger partial charge is 0.377 e. The molecule has 104 valence electrons. The van der Waals surface area contributed by atoms with Crippen LogP contribution in [-0.4, -0.2) is 42.6 Å². The maximum Gasteiger partial charge on any atom is 0.228 e. The number of rotatable bonds is 3. The first-order valence-electron chi connectivity index (χ1n) is 7.29. The number of ether oxygens (including phenoxy) is 1. The number of carbonyl (C=O) groups is 1. The highest BCUT2D eigenvalue weighted by Gasteiger charge is 2.37. The SMILES string of the molecule is CCC1OCCC1C(=O)N(C)C1CCCCC1N. The third-order valence-electron chi connectivity index (χ3n) is 4.56. The van der Waals surface area contributed by atoms with Gasteiger partial charge in [0, 0.05) is 25.7 Å². The van der Waals surface area contributed by atoms with Gasteiger partial charge in [-0.15, -0.1) is 0 Å². The van der Waals surface area contributed by atoms with E-state index in [1.165, 1.54) is 12.8 Å². The van der Waals surface area contributed by atoms with Gasteiger partial charge in [0.1, 0.15) is 0 Å². The molecule has 1 amide bonds. The Morgan fingerprint density at radius 3 is 2.72 bits per heavy atom. The first-order valence-corrected chi connectivity index (χ1v) is 7.29. The molecule has 0 aromatic heterocycles. The van der Waals surface area contributed by atoms with Crippen molar-refractivity contribution in [3.05, 3.63) is 0 Å². The number of nitrogens with two attached hydrogens (primary N) is 1. The Labute approximate surface area is 110 Å². The minimum Gasteiger partial charge on any atom is -0.377 e. The molecule has 1 saturated carbocycles. The summed E-state index contributed by atoms with van der Waals surface area (Å²) in [4.78, 5) is 14.5. The predicted molar refractivity (Wildman–Crippen MR) is 71.1 cm³/mol. The van der Waals surface area contributed by atoms with Gasteiger partial charge in [-0.25, -0.2) is 0 Å². The van der Waals surface area contributed by atoms with Gasteiger partial charge in [0.15, 0.2) is 0 Å². The summed E-state index contributed by atoms with van der Waals surface area (Å²) in [6.07, 6.45) is 6.37. The summed E-state index contributed by atoms with van der Waals surface area (Å²) in [7, 11) is 1.92. The molecule has 1 aliphatic carbocycles. The first-order chi connectivity index (χ1) is 8.65. The van der Waals surface area contributed by atoms with Crippen LogP contribution in [0.4, 0.5) is 0 Å². The second kappa shape index (κ2) is 6.02. The fourth-order valence-electron chi connectivity index (χ4n) is 3.38. The fraction of sp³-hybridized carbons (Fsp3) is 0.929. The number of likely N-dealkylation sites (N-methyl/N-ethyl adjacent to an activating group) is 1. The quantitative estimate of drug-likeness (QED) is 0.831. The van der Waals surface area contributed by atoms with Gasteiger partial charge >= 0.3 is 0 Å². The van der Waals surface area contributed by atoms with Crippen molar-refractivity contribution < 1.29 is 9.53 Å². The Bertz CT molecular complexity index is 296. The molecule has 1 saturated heterocycles. The van der Waals surface area contributed by atoms with Crippen molar-refractivity contribution >= 4 is 5.91 Å². The van der Waals surface area contributed by atoms with Gasteiger partial charge in [0.05, 0.1) is 12.0 Å². The highest BCUT2D eigenvalue weighted by atomic mass is 16.5. The molecule has 2 fully saturated rings. The van der Waals surface area contributed by atoms with Gasteiger partial charge in [-0.1, -0.05) is 19.8 Å². The van der Waals surface area contributed by atoms with Crippen LogP contribution in [0, 0.1) is 5.92 Å². The lowest BCUT2D eigenvalue weighted by molar-refractivity contribution is -0.139. The third-order valence-corrected chi connectivity index (χ3v) is 4.56. The summed E-state index contributed by atoms with van der Waals surface area (Å²) in [5, 5.41) is 0. The van der Waals surface area contributed by atoms with E-state index in [9.17, 15) is 4.79 Å². The molecule has 0 bridgehead atoms. The third kappa shape index (κ3) is 2.69. The van der Waals surface area contributed by atoms with E-state index >= 15 is 0 Å². The molecule has 2 rings (SSSR count). The molecule has 2 aliphatic rings. The van der Waals surface area contributed by atoms with Crippen LogP contribution in [-0.2, 0) is 9.53 Å². The highest BCUT2D eigenvalue weighted by molar-refractivity contribution is 5.79. The van der Waals surface area contributed by atoms with Gasteiger partial charge in [0.25, 0.3) is 0 Å². The lowest BCUT2D eigenvalue weighted by atomic mass is 9.88. The van der Waals surface area contributed by atoms with Crippen molar-refractivity contribution in [3.8, 4) is 0 Å². The molecule has 0 aromatic rings. The van der Waals surface area contributed by atoms with Crippen LogP contribution < -0.4 is 5.73 Å². The Hall–Kier alpha value is -0.610. The molecule has 1 aliphatic heterocycles. The number of hydrogen-bond donors (Lipinski definition) is 1. The molecule has 18 heavy (non-hydrogen) atoms. The van der Waals surface area contributed by atoms with Crippen LogP contribution >= 0.6 is 0 Å². The number of nitrogens with zero attached hydrogens (tertiary/aromatic N) is 1. The topological polar surface area (TPSA) is 55.6 Å². The van der Waals surface area contributed by atoms with E-state index in [0.717, 1.165) is 32.3 Å². The van der Waals surface area contributed by atoms with Crippen molar-refractivity contribution in [2.75, 3.05) is 13.7 Å². The molecule has 0 spiro atoms. The van der Waals surface area contributed by atoms with Crippen LogP contribution in [0.5, 0.6) is 0 Å². The van der Waals surface area contributed by atoms with E-state index in [1.807, 2.05) is 11.9 Å². The Kier molecular flexibility index (Phi) is 4.62. The Balaban J connectivity index is 1.99. The van der Waals surface area contributed by atoms with Crippen LogP contribution in [0.3, 0.4) is 0 Å². The molecule has 2 N–H and O–H groups in total. The lowest BCUT2D eigenvalue weighted by Gasteiger charge is -2.37. The lowest BCUT2D eigenvalue weighted by Crippen LogP contribution is -2.52. The number of carbonyl (C=O) groups excluding carboxylic acids is 1. The summed E-state index contributed by atoms with van der Waals surface area (Å²) < 4.78 is 5.62. The first kappa shape index (κ1) is 13.8. The normalized spacial score (nSPS) is 36.6. The summed E-state index contributed by atoms with van der Waals surface area (Å²) in [6, 6.07) is 0.374. The van der Waals surface area contributed by atoms with Crippen LogP contribution in [0.1, 0.15) is 45.4 Å². The second-order valence-electron chi connectivity index (χ2n) is 5.68. The van der Waals surface area contributed by atoms with E-state index < -0.39 is 0 Å². The average Bonchev–Trinajstić information content (AvgIpc) is 2.86. The molecule has 0 aromatic carbocycles. The van der Waals surface area contributed by atoms with Gasteiger partial charge in [-0.05, 0) is 25.7 Å². The van der Waals surface area contributed by atoms with E-state index in [2.05, 4.69) is 6.92 Å². The van der Waals surface area contributed by atoms with Gasteiger partial charge in [0.2, 0.25) is 5.91 Å². The zero-order valence-electron chi connectivity index (χ0n) is 11.6. The van der Waals surface area contributed by atoms with E-state index in [0.29, 0.717) is 0 Å². The standard InChI is InChI=1S/C14H26N2O2/c1-3-13-10(8-9-18-13)14(17)16(2)12-7-5-4-6-11(12)15/h10-13H,3-9,15H2,1-2H3. The van der Waals surface area contributed by atoms with Gasteiger partial charge in [-0.2, -0.15) is 0 Å². The van der Waals surface area contributed by atoms with Crippen molar-refractivity contribution in [1.29, 1.82) is 0 Å². The van der Waals surface area contributed by atoms with Crippen molar-refractivity contribution in [2.45, 2.75) is 63.6 Å². The summed E-state index contributed by atoms with van der Waals surface area (Å²) in [5.41, 5.74) is 6.16. The predicted octanol–water partition coefficient (Wildman–Crippen LogP) is 1.53. The van der Waals surface area contributed by atoms with E-state index in [-0.39, 0.29) is 30.0 Å². The van der Waals surface area contributed by atoms with Crippen LogP contribution in [0.15, 0.2) is 0 Å². The molecule has 4 unspecified atom stereocenters. The maximum atomic E-state index is 12.5. The average molecular weight is 254 g/mol. The number of amides is 1. The van der Waals surface area contributed by atoms with Crippen molar-refractivity contribution in [1.82, 2.24) is 4.90 Å². The second-order valence-corrected chi connectivity index (χ2v) is 5.68. The summed E-state index contributed by atoms with van der Waals surface area (Å²) in [6.45, 7) is 2.81. The van der Waals surface area contributed by atoms with Crippen LogP contribution in [0.2, 0.25) is 0 Å². The monoisotopic (exact) mass is 254 g/mol. The van der Waals surface area contributed by atoms with Gasteiger partial charge < -0.3 is 15.4 Å². The molecular weight excluding hydrogens is 228 g/mol. The molecule has 4 nitrogen and oxygen atoms in total. The zero-order chi connectivity index (χ0) is 13.1. The Morgan fingerprint density at radius 1 is 1.33 bits per heavy atom.